The van der Waals surface area contributed by atoms with Crippen LogP contribution in [0.4, 0.5) is 5.69 Å². The van der Waals surface area contributed by atoms with Gasteiger partial charge in [0.15, 0.2) is 0 Å². The number of carbonyl (C=O) groups excluding carboxylic acids is 1. The van der Waals surface area contributed by atoms with Gasteiger partial charge in [0.25, 0.3) is 0 Å². The highest BCUT2D eigenvalue weighted by Gasteiger charge is 2.51. The third-order valence-corrected chi connectivity index (χ3v) is 9.85. The molecule has 1 N–H and O–H groups in total. The second kappa shape index (κ2) is 9.45. The van der Waals surface area contributed by atoms with Crippen molar-refractivity contribution in [2.24, 2.45) is 23.7 Å². The van der Waals surface area contributed by atoms with Gasteiger partial charge in [-0.15, -0.1) is 0 Å². The molecule has 4 fully saturated rings. The number of nitrogens with zero attached hydrogens (tertiary/aromatic N) is 2. The Kier molecular flexibility index (Phi) is 6.45. The quantitative estimate of drug-likeness (QED) is 0.451. The van der Waals surface area contributed by atoms with E-state index in [0.717, 1.165) is 46.9 Å². The molecule has 1 aliphatic heterocycles. The number of nitrogens with one attached hydrogen (secondary N) is 1. The number of anilines is 1. The molecule has 7 heteroatoms. The Morgan fingerprint density at radius 1 is 1.00 bits per heavy atom. The number of amides is 1. The molecule has 0 radical (unpaired) electrons. The topological polar surface area (TPSA) is 35.6 Å². The van der Waals surface area contributed by atoms with E-state index in [2.05, 4.69) is 15.3 Å². The summed E-state index contributed by atoms with van der Waals surface area (Å²) in [6, 6.07) is 13.4. The summed E-state index contributed by atoms with van der Waals surface area (Å²) < 4.78 is 0. The average Bonchev–Trinajstić information content (AvgIpc) is 3.33. The van der Waals surface area contributed by atoms with Crippen LogP contribution < -0.4 is 10.3 Å². The Hall–Kier alpha value is -1.46. The van der Waals surface area contributed by atoms with Crippen molar-refractivity contribution in [3.8, 4) is 0 Å². The van der Waals surface area contributed by atoms with Gasteiger partial charge >= 0.3 is 0 Å². The number of carbonyl (C=O) groups is 1. The normalized spacial score (nSPS) is 32.1. The molecular weight excluding hydrogens is 501 g/mol. The van der Waals surface area contributed by atoms with Gasteiger partial charge in [0.05, 0.1) is 16.6 Å². The van der Waals surface area contributed by atoms with Crippen LogP contribution in [0, 0.1) is 23.7 Å². The van der Waals surface area contributed by atoms with Crippen LogP contribution in [0.25, 0.3) is 0 Å². The van der Waals surface area contributed by atoms with Crippen LogP contribution in [-0.2, 0) is 11.3 Å². The lowest BCUT2D eigenvalue weighted by Crippen LogP contribution is -2.53. The van der Waals surface area contributed by atoms with Crippen molar-refractivity contribution in [2.45, 2.75) is 57.0 Å². The minimum Gasteiger partial charge on any atom is -0.350 e. The van der Waals surface area contributed by atoms with Crippen molar-refractivity contribution in [3.05, 3.63) is 63.1 Å². The highest BCUT2D eigenvalue weighted by Crippen LogP contribution is 2.55. The third-order valence-electron chi connectivity index (χ3n) is 8.92. The molecular formula is C28H32Cl3N3O. The summed E-state index contributed by atoms with van der Waals surface area (Å²) in [6.07, 6.45) is 8.78. The predicted molar refractivity (Wildman–Crippen MR) is 143 cm³/mol. The van der Waals surface area contributed by atoms with E-state index in [0.29, 0.717) is 29.7 Å². The molecule has 2 aromatic rings. The number of hydrazine groups is 1. The van der Waals surface area contributed by atoms with Crippen molar-refractivity contribution >= 4 is 46.4 Å². The Bertz CT molecular complexity index is 1130. The highest BCUT2D eigenvalue weighted by molar-refractivity contribution is 6.35. The fourth-order valence-electron chi connectivity index (χ4n) is 7.49. The first-order valence-corrected chi connectivity index (χ1v) is 14.1. The Morgan fingerprint density at radius 3 is 2.69 bits per heavy atom. The molecule has 0 aromatic heterocycles. The SMILES string of the molecule is O=C(NC12CCCC3CC(CC3C1)C2)C1CN(Cc2ccccc2Cl)N(c2cc(Cl)ccc2Cl)C1. The lowest BCUT2D eigenvalue weighted by Gasteiger charge is -2.41. The van der Waals surface area contributed by atoms with E-state index >= 15 is 0 Å². The van der Waals surface area contributed by atoms with Crippen molar-refractivity contribution < 1.29 is 4.79 Å². The first kappa shape index (κ1) is 23.9. The summed E-state index contributed by atoms with van der Waals surface area (Å²) in [5.41, 5.74) is 1.84. The van der Waals surface area contributed by atoms with Gasteiger partial charge in [-0.1, -0.05) is 65.8 Å². The van der Waals surface area contributed by atoms with Gasteiger partial charge in [-0.3, -0.25) is 4.79 Å². The molecule has 6 rings (SSSR count). The van der Waals surface area contributed by atoms with Crippen LogP contribution in [0.1, 0.15) is 50.5 Å². The minimum atomic E-state index is -0.152. The maximum Gasteiger partial charge on any atom is 0.226 e. The molecule has 5 atom stereocenters. The van der Waals surface area contributed by atoms with Crippen LogP contribution in [0.15, 0.2) is 42.5 Å². The first-order valence-electron chi connectivity index (χ1n) is 12.9. The third kappa shape index (κ3) is 4.68. The van der Waals surface area contributed by atoms with E-state index in [-0.39, 0.29) is 17.4 Å². The fraction of sp³-hybridized carbons (Fsp3) is 0.536. The van der Waals surface area contributed by atoms with Gasteiger partial charge in [-0.25, -0.2) is 5.01 Å². The Balaban J connectivity index is 1.25. The number of benzene rings is 2. The molecule has 35 heavy (non-hydrogen) atoms. The van der Waals surface area contributed by atoms with E-state index in [1.54, 1.807) is 6.07 Å². The molecule has 3 aliphatic carbocycles. The summed E-state index contributed by atoms with van der Waals surface area (Å²) in [7, 11) is 0. The average molecular weight is 533 g/mol. The molecule has 0 spiro atoms. The van der Waals surface area contributed by atoms with Gasteiger partial charge in [0.2, 0.25) is 5.91 Å². The lowest BCUT2D eigenvalue weighted by molar-refractivity contribution is -0.127. The van der Waals surface area contributed by atoms with E-state index in [1.807, 2.05) is 36.4 Å². The lowest BCUT2D eigenvalue weighted by atomic mass is 9.73. The number of halogens is 3. The van der Waals surface area contributed by atoms with Crippen LogP contribution in [0.5, 0.6) is 0 Å². The number of fused-ring (bicyclic) bond motifs is 2. The number of rotatable bonds is 5. The largest absolute Gasteiger partial charge is 0.350 e. The van der Waals surface area contributed by atoms with Crippen molar-refractivity contribution in [1.29, 1.82) is 0 Å². The highest BCUT2D eigenvalue weighted by atomic mass is 35.5. The standard InChI is InChI=1S/C28H32Cl3N3O/c29-23-7-8-25(31)26(12-23)34-17-22(16-33(34)15-20-4-1-2-6-24(20)30)27(35)32-28-9-3-5-19-10-18(13-28)11-21(19)14-28/h1-2,4,6-8,12,18-19,21-22H,3,5,9-11,13-17H2,(H,32,35). The molecule has 1 saturated heterocycles. The van der Waals surface area contributed by atoms with Gasteiger partial charge in [-0.2, -0.15) is 0 Å². The van der Waals surface area contributed by atoms with Crippen molar-refractivity contribution in [2.75, 3.05) is 18.1 Å². The molecule has 4 nitrogen and oxygen atoms in total. The van der Waals surface area contributed by atoms with Gasteiger partial charge < -0.3 is 10.3 Å². The molecule has 186 valence electrons. The smallest absolute Gasteiger partial charge is 0.226 e. The second-order valence-corrected chi connectivity index (χ2v) is 12.5. The molecule has 2 aromatic carbocycles. The summed E-state index contributed by atoms with van der Waals surface area (Å²) in [4.78, 5) is 13.8. The van der Waals surface area contributed by atoms with E-state index in [9.17, 15) is 4.79 Å². The zero-order chi connectivity index (χ0) is 24.2. The summed E-state index contributed by atoms with van der Waals surface area (Å²) in [5, 5.41) is 9.90. The minimum absolute atomic E-state index is 0.00932. The zero-order valence-corrected chi connectivity index (χ0v) is 22.1. The Labute approximate surface area is 222 Å². The van der Waals surface area contributed by atoms with Crippen LogP contribution in [-0.4, -0.2) is 29.5 Å². The molecule has 3 saturated carbocycles. The molecule has 4 aliphatic rings. The molecule has 1 heterocycles. The number of hydrogen-bond donors (Lipinski definition) is 1. The summed E-state index contributed by atoms with van der Waals surface area (Å²) in [6.45, 7) is 1.79. The van der Waals surface area contributed by atoms with Crippen molar-refractivity contribution in [1.82, 2.24) is 10.3 Å². The Morgan fingerprint density at radius 2 is 1.83 bits per heavy atom. The predicted octanol–water partition coefficient (Wildman–Crippen LogP) is 6.98. The van der Waals surface area contributed by atoms with Crippen LogP contribution in [0.3, 0.4) is 0 Å². The van der Waals surface area contributed by atoms with E-state index in [4.69, 9.17) is 34.8 Å². The van der Waals surface area contributed by atoms with Gasteiger partial charge in [-0.05, 0) is 79.7 Å². The van der Waals surface area contributed by atoms with Gasteiger partial charge in [0.1, 0.15) is 0 Å². The van der Waals surface area contributed by atoms with Crippen molar-refractivity contribution in [3.63, 3.8) is 0 Å². The molecule has 3 bridgehead atoms. The van der Waals surface area contributed by atoms with Gasteiger partial charge in [0, 0.05) is 35.2 Å². The molecule has 1 amide bonds. The maximum absolute atomic E-state index is 13.8. The number of hydrogen-bond acceptors (Lipinski definition) is 3. The monoisotopic (exact) mass is 531 g/mol. The maximum atomic E-state index is 13.8. The zero-order valence-electron chi connectivity index (χ0n) is 19.9. The first-order chi connectivity index (χ1) is 16.9. The summed E-state index contributed by atoms with van der Waals surface area (Å²) in [5.74, 6) is 2.51. The molecule has 5 unspecified atom stereocenters. The van der Waals surface area contributed by atoms with E-state index in [1.165, 1.54) is 32.1 Å². The van der Waals surface area contributed by atoms with Crippen LogP contribution in [0.2, 0.25) is 15.1 Å². The van der Waals surface area contributed by atoms with Crippen LogP contribution >= 0.6 is 34.8 Å². The van der Waals surface area contributed by atoms with E-state index < -0.39 is 0 Å². The fourth-order valence-corrected chi connectivity index (χ4v) is 8.07. The summed E-state index contributed by atoms with van der Waals surface area (Å²) >= 11 is 19.5. The second-order valence-electron chi connectivity index (χ2n) is 11.2.